The molecule has 3 aliphatic rings. The third-order valence-electron chi connectivity index (χ3n) is 20.3. The lowest BCUT2D eigenvalue weighted by molar-refractivity contribution is -0.149. The van der Waals surface area contributed by atoms with E-state index in [4.69, 9.17) is 5.73 Å². The van der Waals surface area contributed by atoms with Crippen LogP contribution in [0, 0.1) is 5.92 Å². The molecule has 2 aromatic rings. The number of carboxylic acids is 1. The monoisotopic (exact) mass is 1660 g/mol. The number of carboxylic acid groups (broad SMARTS) is 1. The largest absolute Gasteiger partial charge is 0.480 e. The van der Waals surface area contributed by atoms with Gasteiger partial charge in [0.2, 0.25) is 100 Å². The summed E-state index contributed by atoms with van der Waals surface area (Å²) in [5, 5.41) is 65.2. The average molecular weight is 1660 g/mol. The number of primary amides is 1. The van der Waals surface area contributed by atoms with Gasteiger partial charge in [-0.3, -0.25) is 81.5 Å². The topological polar surface area (TPSA) is 560 Å². The van der Waals surface area contributed by atoms with Crippen LogP contribution in [-0.4, -0.2) is 261 Å². The molecule has 118 heavy (non-hydrogen) atoms. The van der Waals surface area contributed by atoms with E-state index in [-0.39, 0.29) is 44.6 Å². The molecule has 0 aromatic heterocycles. The molecule has 3 heterocycles. The number of aliphatic hydroxyl groups is 2. The Balaban J connectivity index is 1.17. The average Bonchev–Trinajstić information content (AvgIpc) is 1.63. The predicted octanol–water partition coefficient (Wildman–Crippen LogP) is -2.98. The fourth-order valence-corrected chi connectivity index (χ4v) is 13.5. The van der Waals surface area contributed by atoms with Gasteiger partial charge in [-0.15, -0.1) is 0 Å². The Morgan fingerprint density at radius 1 is 0.432 bits per heavy atom. The molecule has 0 saturated carbocycles. The summed E-state index contributed by atoms with van der Waals surface area (Å²) in [5.74, 6) is -15.9. The van der Waals surface area contributed by atoms with Gasteiger partial charge in [0, 0.05) is 58.7 Å². The number of aliphatic hydroxyl groups excluding tert-OH is 2. The number of carbonyl (C=O) groups is 18. The van der Waals surface area contributed by atoms with Crippen LogP contribution in [0.2, 0.25) is 0 Å². The van der Waals surface area contributed by atoms with Crippen LogP contribution in [0.15, 0.2) is 60.7 Å². The van der Waals surface area contributed by atoms with Crippen LogP contribution < -0.4 is 74.9 Å². The predicted molar refractivity (Wildman–Crippen MR) is 427 cm³/mol. The SMILES string of the molecule is CC(=O)N[C@@H](Cc1ccccc1)C(=O)NC(C)(C)C(=O)NC(C)(C)C(=O)NC(C)(C)C(=O)NC(C)(C)C(=O)NCC(=O)N[C@@H](CC(C)C)C(=O)NC(C)(C)C(=O)NC(C)(C)C(=O)N1C[C@H](O)C[C@H]1C(=O)N[C@@H](CCC(N)=O)C(=O)NC(C)(C)C(=O)N1C[C@H](O)C[C@H]1C(=O)NC(C)(C)C(=O)N1CCC[C@H]1C(=O)N[C@@H](Cc1ccccc1)C(=O)O. The van der Waals surface area contributed by atoms with Crippen LogP contribution in [0.1, 0.15) is 188 Å². The van der Waals surface area contributed by atoms with Crippen molar-refractivity contribution in [1.82, 2.24) is 83.8 Å². The fraction of sp³-hybridized carbons (Fsp3) is 0.625. The van der Waals surface area contributed by atoms with Gasteiger partial charge >= 0.3 is 5.97 Å². The highest BCUT2D eigenvalue weighted by molar-refractivity contribution is 6.04. The lowest BCUT2D eigenvalue weighted by Crippen LogP contribution is -2.68. The van der Waals surface area contributed by atoms with Crippen molar-refractivity contribution >= 4 is 106 Å². The number of likely N-dealkylation sites (tertiary alicyclic amines) is 3. The van der Waals surface area contributed by atoms with Crippen LogP contribution in [0.4, 0.5) is 0 Å². The summed E-state index contributed by atoms with van der Waals surface area (Å²) >= 11 is 0. The van der Waals surface area contributed by atoms with Gasteiger partial charge in [0.05, 0.1) is 18.8 Å². The first-order chi connectivity index (χ1) is 54.2. The standard InChI is InChI=1S/C80H121N17O21/c1-43(2)35-50(84-57(102)40-82-65(111)73(4,5)91-68(114)76(10,11)93-69(115)77(12,13)92-66(112)74(6,7)88-60(105)51(83-44(3)98)36-45-27-22-20-23-28-45)59(104)87-75(8,9)67(113)94-80(18,19)72(118)96-41-47(99)38-54(96)62(107)85-49(32-33-56(81)101)58(103)89-79(16,17)71(117)97-42-48(100)39-55(97)63(108)90-78(14,15)70(116)95-34-26-31-53(95)61(106)86-52(64(109)110)37-46-29-24-21-25-30-46/h20-25,27-30,43,47-55,99-100H,26,31-42H2,1-19H3,(H2,81,101)(H,82,111)(H,83,98)(H,84,102)(H,85,107)(H,86,106)(H,87,104)(H,88,105)(H,89,103)(H,90,108)(H,91,114)(H,92,112)(H,93,115)(H,94,113)(H,109,110)/t47-,48-,49+,50+,51+,52+,53+,54+,55+/m1/s1. The quantitative estimate of drug-likeness (QED) is 0.0319. The first-order valence-electron chi connectivity index (χ1n) is 39.2. The summed E-state index contributed by atoms with van der Waals surface area (Å²) in [7, 11) is 0. The summed E-state index contributed by atoms with van der Waals surface area (Å²) in [6, 6.07) is 8.05. The number of nitrogens with zero attached hydrogens (tertiary/aromatic N) is 3. The minimum atomic E-state index is -1.95. The minimum Gasteiger partial charge on any atom is -0.480 e. The number of nitrogens with two attached hydrogens (primary N) is 1. The molecule has 38 heteroatoms. The molecular weight excluding hydrogens is 1530 g/mol. The number of hydrogen-bond donors (Lipinski definition) is 17. The van der Waals surface area contributed by atoms with Crippen molar-refractivity contribution in [2.75, 3.05) is 26.2 Å². The van der Waals surface area contributed by atoms with Crippen LogP contribution in [0.25, 0.3) is 0 Å². The second-order valence-corrected chi connectivity index (χ2v) is 35.2. The number of amides is 17. The van der Waals surface area contributed by atoms with E-state index in [1.807, 2.05) is 0 Å². The number of rotatable bonds is 38. The minimum absolute atomic E-state index is 0.00111. The number of carbonyl (C=O) groups excluding carboxylic acids is 17. The van der Waals surface area contributed by atoms with Gasteiger partial charge in [0.15, 0.2) is 0 Å². The molecule has 17 amide bonds. The van der Waals surface area contributed by atoms with Gasteiger partial charge in [-0.2, -0.15) is 0 Å². The maximum absolute atomic E-state index is 14.6. The molecule has 2 aromatic carbocycles. The molecular formula is C80H121N17O21. The Bertz CT molecular complexity index is 4120. The Morgan fingerprint density at radius 2 is 0.797 bits per heavy atom. The Hall–Kier alpha value is -11.2. The van der Waals surface area contributed by atoms with E-state index in [1.54, 1.807) is 74.5 Å². The third kappa shape index (κ3) is 26.9. The van der Waals surface area contributed by atoms with E-state index in [1.165, 1.54) is 123 Å². The summed E-state index contributed by atoms with van der Waals surface area (Å²) in [5.41, 5.74) is -7.47. The summed E-state index contributed by atoms with van der Waals surface area (Å²) in [6.45, 7) is 24.5. The summed E-state index contributed by atoms with van der Waals surface area (Å²) in [6.07, 6.45) is -3.63. The molecule has 0 unspecified atom stereocenters. The summed E-state index contributed by atoms with van der Waals surface area (Å²) < 4.78 is 0. The third-order valence-corrected chi connectivity index (χ3v) is 20.3. The lowest BCUT2D eigenvalue weighted by Gasteiger charge is -2.37. The van der Waals surface area contributed by atoms with Gasteiger partial charge in [0.1, 0.15) is 86.6 Å². The van der Waals surface area contributed by atoms with E-state index < -0.39 is 244 Å². The zero-order valence-corrected chi connectivity index (χ0v) is 70.8. The van der Waals surface area contributed by atoms with Crippen LogP contribution in [-0.2, 0) is 99.1 Å². The Morgan fingerprint density at radius 3 is 1.24 bits per heavy atom. The lowest BCUT2D eigenvalue weighted by atomic mass is 9.95. The van der Waals surface area contributed by atoms with Crippen molar-refractivity contribution in [3.8, 4) is 0 Å². The number of β-amino-alcohol motifs (C(OH)–C–C–N with tert-alkyl or cyclic N) is 2. The number of nitrogens with one attached hydrogen (secondary N) is 13. The van der Waals surface area contributed by atoms with Gasteiger partial charge in [0.25, 0.3) is 0 Å². The van der Waals surface area contributed by atoms with Crippen molar-refractivity contribution in [2.24, 2.45) is 11.7 Å². The van der Waals surface area contributed by atoms with E-state index in [2.05, 4.69) is 69.1 Å². The van der Waals surface area contributed by atoms with Crippen molar-refractivity contribution in [2.45, 2.75) is 288 Å². The van der Waals surface area contributed by atoms with E-state index >= 15 is 0 Å². The van der Waals surface area contributed by atoms with Crippen LogP contribution in [0.5, 0.6) is 0 Å². The zero-order valence-electron chi connectivity index (χ0n) is 70.8. The van der Waals surface area contributed by atoms with Crippen molar-refractivity contribution in [1.29, 1.82) is 0 Å². The van der Waals surface area contributed by atoms with Crippen molar-refractivity contribution in [3.05, 3.63) is 71.8 Å². The normalized spacial score (nSPS) is 18.3. The smallest absolute Gasteiger partial charge is 0.326 e. The van der Waals surface area contributed by atoms with Crippen LogP contribution in [0.3, 0.4) is 0 Å². The van der Waals surface area contributed by atoms with Crippen LogP contribution >= 0.6 is 0 Å². The summed E-state index contributed by atoms with van der Waals surface area (Å²) in [4.78, 5) is 250. The van der Waals surface area contributed by atoms with E-state index in [9.17, 15) is 102 Å². The molecule has 0 radical (unpaired) electrons. The number of hydrogen-bond acceptors (Lipinski definition) is 20. The molecule has 0 bridgehead atoms. The number of aliphatic carboxylic acids is 1. The molecule has 0 aliphatic carbocycles. The highest BCUT2D eigenvalue weighted by Crippen LogP contribution is 2.29. The molecule has 3 saturated heterocycles. The molecule has 38 nitrogen and oxygen atoms in total. The zero-order chi connectivity index (χ0) is 89.5. The van der Waals surface area contributed by atoms with Gasteiger partial charge in [-0.1, -0.05) is 74.5 Å². The van der Waals surface area contributed by atoms with Gasteiger partial charge < -0.3 is 105 Å². The van der Waals surface area contributed by atoms with E-state index in [0.29, 0.717) is 12.0 Å². The second kappa shape index (κ2) is 39.4. The van der Waals surface area contributed by atoms with E-state index in [0.717, 1.165) is 15.4 Å². The Kier molecular flexibility index (Phi) is 32.5. The van der Waals surface area contributed by atoms with Crippen molar-refractivity contribution < 1.29 is 102 Å². The van der Waals surface area contributed by atoms with Gasteiger partial charge in [-0.25, -0.2) is 4.79 Å². The molecule has 18 N–H and O–H groups in total. The molecule has 652 valence electrons. The molecule has 3 fully saturated rings. The maximum atomic E-state index is 14.6. The highest BCUT2D eigenvalue weighted by Gasteiger charge is 2.51. The fourth-order valence-electron chi connectivity index (χ4n) is 13.5. The van der Waals surface area contributed by atoms with Gasteiger partial charge in [-0.05, 0) is 154 Å². The number of benzene rings is 2. The molecule has 3 aliphatic heterocycles. The van der Waals surface area contributed by atoms with Crippen molar-refractivity contribution in [3.63, 3.8) is 0 Å². The maximum Gasteiger partial charge on any atom is 0.326 e. The Labute approximate surface area is 686 Å². The molecule has 9 atom stereocenters. The first-order valence-corrected chi connectivity index (χ1v) is 39.2. The second-order valence-electron chi connectivity index (χ2n) is 35.2. The highest BCUT2D eigenvalue weighted by atomic mass is 16.4. The first kappa shape index (κ1) is 97.4. The molecule has 0 spiro atoms. The molecule has 5 rings (SSSR count).